The van der Waals surface area contributed by atoms with Crippen LogP contribution in [0.3, 0.4) is 0 Å². The molecule has 1 amide bonds. The summed E-state index contributed by atoms with van der Waals surface area (Å²) in [7, 11) is 1.67. The van der Waals surface area contributed by atoms with Crippen LogP contribution in [-0.4, -0.2) is 64.8 Å². The maximum Gasteiger partial charge on any atom is 0.261 e. The highest BCUT2D eigenvalue weighted by atomic mass is 19.1. The summed E-state index contributed by atoms with van der Waals surface area (Å²) >= 11 is 0. The molecule has 1 N–H and O–H groups in total. The lowest BCUT2D eigenvalue weighted by Gasteiger charge is -2.36. The first kappa shape index (κ1) is 15.7. The van der Waals surface area contributed by atoms with E-state index in [0.29, 0.717) is 19.0 Å². The van der Waals surface area contributed by atoms with E-state index in [2.05, 4.69) is 0 Å². The molecule has 20 heavy (non-hydrogen) atoms. The van der Waals surface area contributed by atoms with E-state index in [4.69, 9.17) is 0 Å². The highest BCUT2D eigenvalue weighted by Crippen LogP contribution is 2.33. The van der Waals surface area contributed by atoms with Gasteiger partial charge in [0.2, 0.25) is 5.67 Å². The number of alkyl halides is 1. The Hall–Kier alpha value is -0.680. The average Bonchev–Trinajstić information content (AvgIpc) is 2.70. The second-order valence-electron chi connectivity index (χ2n) is 7.48. The van der Waals surface area contributed by atoms with Crippen LogP contribution in [0.25, 0.3) is 0 Å². The van der Waals surface area contributed by atoms with Gasteiger partial charge in [0.25, 0.3) is 5.91 Å². The van der Waals surface area contributed by atoms with Crippen molar-refractivity contribution in [1.29, 1.82) is 0 Å². The topological polar surface area (TPSA) is 43.8 Å². The van der Waals surface area contributed by atoms with Gasteiger partial charge in [0.15, 0.2) is 0 Å². The van der Waals surface area contributed by atoms with Crippen molar-refractivity contribution in [2.24, 2.45) is 5.92 Å². The van der Waals surface area contributed by atoms with E-state index in [1.807, 2.05) is 25.7 Å². The number of amides is 1. The first-order chi connectivity index (χ1) is 9.12. The lowest BCUT2D eigenvalue weighted by atomic mass is 9.82. The maximum absolute atomic E-state index is 14.9. The Labute approximate surface area is 120 Å². The molecule has 5 heteroatoms. The van der Waals surface area contributed by atoms with Crippen molar-refractivity contribution in [2.45, 2.75) is 57.3 Å². The third-order valence-corrected chi connectivity index (χ3v) is 4.64. The monoisotopic (exact) mass is 286 g/mol. The number of carbonyl (C=O) groups excluding carboxylic acids is 1. The molecule has 1 saturated heterocycles. The largest absolute Gasteiger partial charge is 0.393 e. The number of likely N-dealkylation sites (tertiary alicyclic amines) is 1. The highest BCUT2D eigenvalue weighted by Gasteiger charge is 2.49. The molecule has 1 unspecified atom stereocenters. The summed E-state index contributed by atoms with van der Waals surface area (Å²) in [6.45, 7) is 7.50. The SMILES string of the molecule is CN(CC1CC(O)C1)C(=O)C1(F)CCN(C(C)(C)C)C1. The summed E-state index contributed by atoms with van der Waals surface area (Å²) in [6, 6.07) is 0. The quantitative estimate of drug-likeness (QED) is 0.853. The van der Waals surface area contributed by atoms with Gasteiger partial charge in [-0.05, 0) is 39.5 Å². The molecule has 2 rings (SSSR count). The second kappa shape index (κ2) is 5.26. The van der Waals surface area contributed by atoms with Gasteiger partial charge in [0.05, 0.1) is 6.10 Å². The summed E-state index contributed by atoms with van der Waals surface area (Å²) in [5.74, 6) is -0.0756. The Kier molecular flexibility index (Phi) is 4.13. The van der Waals surface area contributed by atoms with Gasteiger partial charge in [-0.1, -0.05) is 0 Å². The van der Waals surface area contributed by atoms with E-state index in [1.165, 1.54) is 4.90 Å². The number of hydrogen-bond acceptors (Lipinski definition) is 3. The molecular formula is C15H27FN2O2. The van der Waals surface area contributed by atoms with Crippen LogP contribution in [0.2, 0.25) is 0 Å². The van der Waals surface area contributed by atoms with Gasteiger partial charge in [-0.15, -0.1) is 0 Å². The van der Waals surface area contributed by atoms with Gasteiger partial charge in [-0.25, -0.2) is 4.39 Å². The Balaban J connectivity index is 1.91. The summed E-state index contributed by atoms with van der Waals surface area (Å²) in [4.78, 5) is 15.9. The predicted octanol–water partition coefficient (Wildman–Crippen LogP) is 1.43. The second-order valence-corrected chi connectivity index (χ2v) is 7.48. The Bertz CT molecular complexity index is 377. The number of carbonyl (C=O) groups is 1. The molecule has 4 nitrogen and oxygen atoms in total. The van der Waals surface area contributed by atoms with Crippen LogP contribution < -0.4 is 0 Å². The lowest BCUT2D eigenvalue weighted by Crippen LogP contribution is -2.50. The molecule has 1 aliphatic heterocycles. The third kappa shape index (κ3) is 3.14. The number of aliphatic hydroxyl groups is 1. The fraction of sp³-hybridized carbons (Fsp3) is 0.933. The third-order valence-electron chi connectivity index (χ3n) is 4.64. The number of aliphatic hydroxyl groups excluding tert-OH is 1. The minimum Gasteiger partial charge on any atom is -0.393 e. The van der Waals surface area contributed by atoms with Gasteiger partial charge in [0.1, 0.15) is 0 Å². The molecule has 2 aliphatic rings. The highest BCUT2D eigenvalue weighted by molar-refractivity contribution is 5.85. The van der Waals surface area contributed by atoms with Crippen LogP contribution in [0.4, 0.5) is 4.39 Å². The zero-order chi connectivity index (χ0) is 15.1. The first-order valence-electron chi connectivity index (χ1n) is 7.49. The molecule has 1 aliphatic carbocycles. The van der Waals surface area contributed by atoms with Crippen molar-refractivity contribution < 1.29 is 14.3 Å². The lowest BCUT2D eigenvalue weighted by molar-refractivity contribution is -0.143. The van der Waals surface area contributed by atoms with Crippen molar-refractivity contribution in [3.05, 3.63) is 0 Å². The molecule has 0 aromatic carbocycles. The zero-order valence-electron chi connectivity index (χ0n) is 13.0. The van der Waals surface area contributed by atoms with E-state index in [0.717, 1.165) is 12.8 Å². The number of hydrogen-bond donors (Lipinski definition) is 1. The summed E-state index contributed by atoms with van der Waals surface area (Å²) in [5.41, 5.74) is -1.85. The molecule has 1 atom stereocenters. The molecule has 0 aromatic heterocycles. The van der Waals surface area contributed by atoms with Crippen molar-refractivity contribution in [3.8, 4) is 0 Å². The number of nitrogens with zero attached hydrogens (tertiary/aromatic N) is 2. The Morgan fingerprint density at radius 1 is 1.45 bits per heavy atom. The fourth-order valence-electron chi connectivity index (χ4n) is 3.18. The Morgan fingerprint density at radius 2 is 2.05 bits per heavy atom. The zero-order valence-corrected chi connectivity index (χ0v) is 13.0. The van der Waals surface area contributed by atoms with E-state index < -0.39 is 11.6 Å². The van der Waals surface area contributed by atoms with E-state index in [-0.39, 0.29) is 24.6 Å². The predicted molar refractivity (Wildman–Crippen MR) is 76.1 cm³/mol. The van der Waals surface area contributed by atoms with E-state index in [1.54, 1.807) is 7.05 Å². The molecule has 0 spiro atoms. The Morgan fingerprint density at radius 3 is 2.50 bits per heavy atom. The van der Waals surface area contributed by atoms with Crippen molar-refractivity contribution >= 4 is 5.91 Å². The van der Waals surface area contributed by atoms with Gasteiger partial charge in [0, 0.05) is 38.6 Å². The summed E-state index contributed by atoms with van der Waals surface area (Å²) < 4.78 is 14.9. The van der Waals surface area contributed by atoms with E-state index in [9.17, 15) is 14.3 Å². The van der Waals surface area contributed by atoms with Crippen LogP contribution >= 0.6 is 0 Å². The van der Waals surface area contributed by atoms with Crippen LogP contribution in [0, 0.1) is 5.92 Å². The standard InChI is InChI=1S/C15H27FN2O2/c1-14(2,3)18-6-5-15(16,10-18)13(20)17(4)9-11-7-12(19)8-11/h11-12,19H,5-10H2,1-4H3. The van der Waals surface area contributed by atoms with Gasteiger partial charge < -0.3 is 10.0 Å². The smallest absolute Gasteiger partial charge is 0.261 e. The molecule has 0 radical (unpaired) electrons. The summed E-state index contributed by atoms with van der Waals surface area (Å²) in [5, 5.41) is 9.27. The van der Waals surface area contributed by atoms with Gasteiger partial charge in [-0.2, -0.15) is 0 Å². The van der Waals surface area contributed by atoms with Crippen LogP contribution in [-0.2, 0) is 4.79 Å². The molecule has 1 heterocycles. The molecule has 0 aromatic rings. The molecule has 2 fully saturated rings. The molecule has 1 saturated carbocycles. The first-order valence-corrected chi connectivity index (χ1v) is 7.49. The maximum atomic E-state index is 14.9. The van der Waals surface area contributed by atoms with Crippen molar-refractivity contribution in [2.75, 3.05) is 26.7 Å². The fourth-order valence-corrected chi connectivity index (χ4v) is 3.18. The van der Waals surface area contributed by atoms with Crippen LogP contribution in [0.15, 0.2) is 0 Å². The molecule has 0 bridgehead atoms. The average molecular weight is 286 g/mol. The molecule has 116 valence electrons. The minimum atomic E-state index is -1.75. The normalized spacial score (nSPS) is 34.9. The summed E-state index contributed by atoms with van der Waals surface area (Å²) in [6.07, 6.45) is 1.50. The van der Waals surface area contributed by atoms with Crippen molar-refractivity contribution in [1.82, 2.24) is 9.80 Å². The van der Waals surface area contributed by atoms with Gasteiger partial charge >= 0.3 is 0 Å². The number of halogens is 1. The molecular weight excluding hydrogens is 259 g/mol. The van der Waals surface area contributed by atoms with Crippen molar-refractivity contribution in [3.63, 3.8) is 0 Å². The number of rotatable bonds is 3. The van der Waals surface area contributed by atoms with E-state index >= 15 is 0 Å². The van der Waals surface area contributed by atoms with Crippen LogP contribution in [0.5, 0.6) is 0 Å². The van der Waals surface area contributed by atoms with Crippen LogP contribution in [0.1, 0.15) is 40.0 Å². The van der Waals surface area contributed by atoms with Gasteiger partial charge in [-0.3, -0.25) is 9.69 Å². The minimum absolute atomic E-state index is 0.106.